The molecule has 6 heteroatoms. The van der Waals surface area contributed by atoms with Gasteiger partial charge < -0.3 is 20.1 Å². The Balaban J connectivity index is 1.75. The maximum atomic E-state index is 12.5. The van der Waals surface area contributed by atoms with Crippen LogP contribution >= 0.6 is 0 Å². The van der Waals surface area contributed by atoms with Crippen LogP contribution in [0.4, 0.5) is 11.4 Å². The molecule has 3 rings (SSSR count). The number of carbonyl (C=O) groups is 3. The number of para-hydroxylation sites is 1. The predicted molar refractivity (Wildman–Crippen MR) is 95.8 cm³/mol. The maximum absolute atomic E-state index is 12.5. The zero-order chi connectivity index (χ0) is 18.8. The number of carbonyl (C=O) groups excluding carboxylic acids is 3. The third kappa shape index (κ3) is 3.44. The summed E-state index contributed by atoms with van der Waals surface area (Å²) < 4.78 is 0. The molecule has 6 nitrogen and oxygen atoms in total. The average molecular weight is 351 g/mol. The number of carboxylic acids is 1. The van der Waals surface area contributed by atoms with Crippen LogP contribution in [0.25, 0.3) is 0 Å². The Labute approximate surface area is 151 Å². The van der Waals surface area contributed by atoms with Crippen LogP contribution in [0.1, 0.15) is 27.9 Å². The summed E-state index contributed by atoms with van der Waals surface area (Å²) in [6.45, 7) is 4.18. The number of amides is 2. The van der Waals surface area contributed by atoms with Crippen molar-refractivity contribution in [1.29, 1.82) is 0 Å². The molecule has 26 heavy (non-hydrogen) atoms. The van der Waals surface area contributed by atoms with Crippen molar-refractivity contribution in [3.8, 4) is 0 Å². The van der Waals surface area contributed by atoms with Gasteiger partial charge in [0.1, 0.15) is 0 Å². The van der Waals surface area contributed by atoms with Gasteiger partial charge in [-0.3, -0.25) is 9.59 Å². The first kappa shape index (κ1) is 17.7. The topological polar surface area (TPSA) is 89.5 Å². The molecule has 0 aliphatic carbocycles. The smallest absolute Gasteiger partial charge is 0.229 e. The lowest BCUT2D eigenvalue weighted by Gasteiger charge is -2.21. The van der Waals surface area contributed by atoms with Gasteiger partial charge in [0.2, 0.25) is 11.8 Å². The molecule has 1 heterocycles. The van der Waals surface area contributed by atoms with Gasteiger partial charge in [-0.15, -0.1) is 0 Å². The van der Waals surface area contributed by atoms with Gasteiger partial charge in [0.25, 0.3) is 0 Å². The van der Waals surface area contributed by atoms with E-state index in [0.717, 1.165) is 16.8 Å². The van der Waals surface area contributed by atoms with E-state index in [9.17, 15) is 19.5 Å². The average Bonchev–Trinajstić information content (AvgIpc) is 2.97. The van der Waals surface area contributed by atoms with Crippen molar-refractivity contribution in [3.63, 3.8) is 0 Å². The Morgan fingerprint density at radius 3 is 2.42 bits per heavy atom. The SMILES string of the molecule is Cc1cccc(C)c1N1C[C@@H](C(=O)Nc2cccc(C(=O)[O-])c2)CC1=O. The Bertz CT molecular complexity index is 871. The second-order valence-corrected chi connectivity index (χ2v) is 6.50. The number of nitrogens with one attached hydrogen (secondary N) is 1. The zero-order valence-corrected chi connectivity index (χ0v) is 14.6. The molecule has 0 aromatic heterocycles. The Kier molecular flexibility index (Phi) is 4.75. The van der Waals surface area contributed by atoms with Gasteiger partial charge in [-0.2, -0.15) is 0 Å². The predicted octanol–water partition coefficient (Wildman–Crippen LogP) is 1.66. The summed E-state index contributed by atoms with van der Waals surface area (Å²) in [4.78, 5) is 37.6. The van der Waals surface area contributed by atoms with Crippen molar-refractivity contribution >= 4 is 29.2 Å². The Morgan fingerprint density at radius 1 is 1.12 bits per heavy atom. The summed E-state index contributed by atoms with van der Waals surface area (Å²) in [5.74, 6) is -2.19. The summed E-state index contributed by atoms with van der Waals surface area (Å²) in [5, 5.41) is 13.6. The van der Waals surface area contributed by atoms with Gasteiger partial charge in [0.15, 0.2) is 0 Å². The second-order valence-electron chi connectivity index (χ2n) is 6.50. The fourth-order valence-electron chi connectivity index (χ4n) is 3.30. The highest BCUT2D eigenvalue weighted by Crippen LogP contribution is 2.31. The van der Waals surface area contributed by atoms with Gasteiger partial charge in [-0.1, -0.05) is 30.3 Å². The molecule has 134 valence electrons. The number of hydrogen-bond donors (Lipinski definition) is 1. The molecule has 0 bridgehead atoms. The van der Waals surface area contributed by atoms with Crippen molar-refractivity contribution in [2.45, 2.75) is 20.3 Å². The lowest BCUT2D eigenvalue weighted by atomic mass is 10.1. The first-order valence-electron chi connectivity index (χ1n) is 8.35. The maximum Gasteiger partial charge on any atom is 0.229 e. The molecule has 2 aromatic carbocycles. The van der Waals surface area contributed by atoms with E-state index in [1.807, 2.05) is 32.0 Å². The summed E-state index contributed by atoms with van der Waals surface area (Å²) in [7, 11) is 0. The van der Waals surface area contributed by atoms with Gasteiger partial charge in [-0.05, 0) is 42.7 Å². The van der Waals surface area contributed by atoms with Crippen LogP contribution < -0.4 is 15.3 Å². The number of anilines is 2. The third-order valence-electron chi connectivity index (χ3n) is 4.57. The van der Waals surface area contributed by atoms with E-state index < -0.39 is 11.9 Å². The third-order valence-corrected chi connectivity index (χ3v) is 4.57. The summed E-state index contributed by atoms with van der Waals surface area (Å²) in [5.41, 5.74) is 3.19. The Hall–Kier alpha value is -3.15. The van der Waals surface area contributed by atoms with Crippen LogP contribution in [-0.4, -0.2) is 24.3 Å². The molecule has 1 saturated heterocycles. The molecule has 0 spiro atoms. The molecule has 1 atom stereocenters. The van der Waals surface area contributed by atoms with E-state index in [4.69, 9.17) is 0 Å². The number of hydrogen-bond acceptors (Lipinski definition) is 4. The molecule has 2 amide bonds. The van der Waals surface area contributed by atoms with Crippen LogP contribution in [0.15, 0.2) is 42.5 Å². The summed E-state index contributed by atoms with van der Waals surface area (Å²) >= 11 is 0. The number of rotatable bonds is 4. The van der Waals surface area contributed by atoms with E-state index >= 15 is 0 Å². The van der Waals surface area contributed by atoms with Crippen molar-refractivity contribution in [2.24, 2.45) is 5.92 Å². The van der Waals surface area contributed by atoms with Gasteiger partial charge in [0, 0.05) is 24.3 Å². The molecule has 2 aromatic rings. The van der Waals surface area contributed by atoms with E-state index in [0.29, 0.717) is 12.2 Å². The van der Waals surface area contributed by atoms with Crippen LogP contribution in [-0.2, 0) is 9.59 Å². The van der Waals surface area contributed by atoms with E-state index in [-0.39, 0.29) is 23.8 Å². The highest BCUT2D eigenvalue weighted by Gasteiger charge is 2.36. The minimum absolute atomic E-state index is 0.0116. The van der Waals surface area contributed by atoms with E-state index in [2.05, 4.69) is 5.32 Å². The van der Waals surface area contributed by atoms with Crippen molar-refractivity contribution in [2.75, 3.05) is 16.8 Å². The number of aryl methyl sites for hydroxylation is 2. The largest absolute Gasteiger partial charge is 0.545 e. The zero-order valence-electron chi connectivity index (χ0n) is 14.6. The normalized spacial score (nSPS) is 16.6. The molecular weight excluding hydrogens is 332 g/mol. The van der Waals surface area contributed by atoms with Gasteiger partial charge >= 0.3 is 0 Å². The molecule has 1 N–H and O–H groups in total. The fraction of sp³-hybridized carbons (Fsp3) is 0.250. The van der Waals surface area contributed by atoms with Crippen molar-refractivity contribution < 1.29 is 19.5 Å². The number of nitrogens with zero attached hydrogens (tertiary/aromatic N) is 1. The van der Waals surface area contributed by atoms with Crippen LogP contribution in [0.5, 0.6) is 0 Å². The summed E-state index contributed by atoms with van der Waals surface area (Å²) in [6.07, 6.45) is 0.125. The quantitative estimate of drug-likeness (QED) is 0.907. The van der Waals surface area contributed by atoms with Gasteiger partial charge in [0.05, 0.1) is 11.9 Å². The van der Waals surface area contributed by atoms with E-state index in [1.165, 1.54) is 18.2 Å². The highest BCUT2D eigenvalue weighted by molar-refractivity contribution is 6.04. The molecule has 1 aliphatic rings. The number of carboxylic acid groups (broad SMARTS) is 1. The second kappa shape index (κ2) is 7.00. The lowest BCUT2D eigenvalue weighted by molar-refractivity contribution is -0.255. The first-order chi connectivity index (χ1) is 12.4. The minimum atomic E-state index is -1.31. The standard InChI is InChI=1S/C20H20N2O4/c1-12-5-3-6-13(2)18(12)22-11-15(10-17(22)23)19(24)21-16-8-4-7-14(9-16)20(25)26/h3-9,15H,10-11H2,1-2H3,(H,21,24)(H,25,26)/p-1/t15-/m0/s1. The van der Waals surface area contributed by atoms with E-state index in [1.54, 1.807) is 11.0 Å². The van der Waals surface area contributed by atoms with Gasteiger partial charge in [-0.25, -0.2) is 0 Å². The Morgan fingerprint density at radius 2 is 1.77 bits per heavy atom. The monoisotopic (exact) mass is 351 g/mol. The first-order valence-corrected chi connectivity index (χ1v) is 8.35. The van der Waals surface area contributed by atoms with Crippen LogP contribution in [0.2, 0.25) is 0 Å². The number of aromatic carboxylic acids is 1. The number of benzene rings is 2. The molecule has 0 saturated carbocycles. The van der Waals surface area contributed by atoms with Crippen molar-refractivity contribution in [1.82, 2.24) is 0 Å². The summed E-state index contributed by atoms with van der Waals surface area (Å²) in [6, 6.07) is 11.7. The molecular formula is C20H19N2O4-. The highest BCUT2D eigenvalue weighted by atomic mass is 16.4. The molecule has 0 radical (unpaired) electrons. The molecule has 1 aliphatic heterocycles. The van der Waals surface area contributed by atoms with Crippen LogP contribution in [0.3, 0.4) is 0 Å². The fourth-order valence-corrected chi connectivity index (χ4v) is 3.30. The van der Waals surface area contributed by atoms with Crippen molar-refractivity contribution in [3.05, 3.63) is 59.2 Å². The molecule has 1 fully saturated rings. The minimum Gasteiger partial charge on any atom is -0.545 e. The molecule has 0 unspecified atom stereocenters. The lowest BCUT2D eigenvalue weighted by Crippen LogP contribution is -2.29. The van der Waals surface area contributed by atoms with Crippen LogP contribution in [0, 0.1) is 19.8 Å².